The van der Waals surface area contributed by atoms with Crippen molar-refractivity contribution < 1.29 is 37.7 Å². The lowest BCUT2D eigenvalue weighted by molar-refractivity contribution is -0.687. The van der Waals surface area contributed by atoms with E-state index in [1.807, 2.05) is 16.8 Å². The summed E-state index contributed by atoms with van der Waals surface area (Å²) in [6.07, 6.45) is 6.33. The molecule has 0 bridgehead atoms. The van der Waals surface area contributed by atoms with Gasteiger partial charge in [-0.3, -0.25) is 14.5 Å². The lowest BCUT2D eigenvalue weighted by atomic mass is 10.0. The highest BCUT2D eigenvalue weighted by Gasteiger charge is 2.54. The highest BCUT2D eigenvalue weighted by molar-refractivity contribution is 8.00. The van der Waals surface area contributed by atoms with E-state index in [1.165, 1.54) is 23.8 Å². The van der Waals surface area contributed by atoms with Crippen LogP contribution in [-0.2, 0) is 25.8 Å². The second-order valence-electron chi connectivity index (χ2n) is 7.67. The predicted octanol–water partition coefficient (Wildman–Crippen LogP) is 0.0798. The fraction of sp³-hybridized carbons (Fsp3) is 0.238. The van der Waals surface area contributed by atoms with Crippen LogP contribution in [0.1, 0.15) is 5.69 Å². The smallest absolute Gasteiger partial charge is 0.352 e. The van der Waals surface area contributed by atoms with Gasteiger partial charge in [0.15, 0.2) is 24.7 Å². The highest BCUT2D eigenvalue weighted by Crippen LogP contribution is 2.40. The number of furan rings is 1. The van der Waals surface area contributed by atoms with Crippen LogP contribution in [0.5, 0.6) is 0 Å². The van der Waals surface area contributed by atoms with Crippen molar-refractivity contribution in [2.24, 2.45) is 5.16 Å². The molecule has 0 spiro atoms. The average molecular weight is 499 g/mol. The maximum atomic E-state index is 13.0. The van der Waals surface area contributed by atoms with Gasteiger partial charge < -0.3 is 29.8 Å². The van der Waals surface area contributed by atoms with Crippen molar-refractivity contribution in [2.75, 3.05) is 18.6 Å². The third-order valence-electron chi connectivity index (χ3n) is 5.52. The van der Waals surface area contributed by atoms with Gasteiger partial charge in [-0.25, -0.2) is 9.36 Å². The highest BCUT2D eigenvalue weighted by atomic mass is 32.2. The molecule has 0 saturated carbocycles. The number of amides is 2. The second-order valence-corrected chi connectivity index (χ2v) is 8.77. The van der Waals surface area contributed by atoms with Gasteiger partial charge in [0.2, 0.25) is 0 Å². The van der Waals surface area contributed by atoms with Crippen LogP contribution < -0.4 is 15.6 Å². The number of β-lactam (4-membered cyclic amide) rings is 1. The summed E-state index contributed by atoms with van der Waals surface area (Å²) >= 11 is 1.36. The molecule has 0 radical (unpaired) electrons. The van der Waals surface area contributed by atoms with E-state index >= 15 is 0 Å². The Morgan fingerprint density at radius 1 is 1.43 bits per heavy atom. The number of carboxylic acid groups (broad SMARTS) is 1. The van der Waals surface area contributed by atoms with Crippen molar-refractivity contribution in [3.8, 4) is 0 Å². The van der Waals surface area contributed by atoms with E-state index in [1.54, 1.807) is 18.5 Å². The van der Waals surface area contributed by atoms with Gasteiger partial charge in [-0.2, -0.15) is 4.98 Å². The number of fused-ring (bicyclic) bond motifs is 2. The number of nitrogens with two attached hydrogens (primary N) is 1. The molecule has 3 aromatic rings. The van der Waals surface area contributed by atoms with Crippen molar-refractivity contribution >= 4 is 52.2 Å². The first-order chi connectivity index (χ1) is 16.9. The normalized spacial score (nSPS) is 20.0. The number of anilines is 1. The van der Waals surface area contributed by atoms with E-state index in [9.17, 15) is 19.5 Å². The van der Waals surface area contributed by atoms with Crippen LogP contribution in [0.15, 0.2) is 62.3 Å². The Kier molecular flexibility index (Phi) is 5.64. The van der Waals surface area contributed by atoms with Crippen molar-refractivity contribution in [2.45, 2.75) is 18.0 Å². The molecule has 1 saturated heterocycles. The summed E-state index contributed by atoms with van der Waals surface area (Å²) in [7, 11) is 1.25. The van der Waals surface area contributed by atoms with E-state index in [-0.39, 0.29) is 29.7 Å². The number of nitrogen functional groups attached to an aromatic ring is 1. The van der Waals surface area contributed by atoms with Gasteiger partial charge >= 0.3 is 5.97 Å². The minimum absolute atomic E-state index is 0.0294. The molecular formula is C21H19N6O7S+. The first kappa shape index (κ1) is 22.5. The Morgan fingerprint density at radius 2 is 2.26 bits per heavy atom. The van der Waals surface area contributed by atoms with Crippen LogP contribution in [0.25, 0.3) is 11.0 Å². The minimum Gasteiger partial charge on any atom is -0.477 e. The Hall–Kier alpha value is -4.33. The Bertz CT molecular complexity index is 1410. The minimum atomic E-state index is -1.21. The summed E-state index contributed by atoms with van der Waals surface area (Å²) in [5, 5.41) is 16.4. The third kappa shape index (κ3) is 3.97. The van der Waals surface area contributed by atoms with Gasteiger partial charge in [-0.1, -0.05) is 5.16 Å². The molecule has 14 heteroatoms. The first-order valence-corrected chi connectivity index (χ1v) is 11.3. The quantitative estimate of drug-likeness (QED) is 0.175. The molecule has 4 N–H and O–H groups in total. The van der Waals surface area contributed by atoms with Crippen LogP contribution in [0.3, 0.4) is 0 Å². The Labute approximate surface area is 201 Å². The molecule has 13 nitrogen and oxygen atoms in total. The number of nitrogens with zero attached hydrogens (tertiary/aromatic N) is 4. The van der Waals surface area contributed by atoms with Gasteiger partial charge in [-0.15, -0.1) is 11.8 Å². The summed E-state index contributed by atoms with van der Waals surface area (Å²) in [5.74, 6) is -2.14. The number of nitrogens with one attached hydrogen (secondary N) is 1. The number of oxazole rings is 1. The van der Waals surface area contributed by atoms with Crippen molar-refractivity contribution in [3.05, 3.63) is 54.0 Å². The molecule has 35 heavy (non-hydrogen) atoms. The number of hydrogen-bond acceptors (Lipinski definition) is 10. The summed E-state index contributed by atoms with van der Waals surface area (Å²) in [6.45, 7) is 0.279. The summed E-state index contributed by atoms with van der Waals surface area (Å²) in [5.41, 5.74) is 6.46. The number of aromatic nitrogens is 2. The molecule has 180 valence electrons. The van der Waals surface area contributed by atoms with Gasteiger partial charge in [0.1, 0.15) is 41.8 Å². The fourth-order valence-electron chi connectivity index (χ4n) is 3.98. The zero-order chi connectivity index (χ0) is 24.7. The van der Waals surface area contributed by atoms with Crippen LogP contribution in [0, 0.1) is 0 Å². The number of pyridine rings is 1. The number of carbonyl (C=O) groups is 3. The molecule has 0 aliphatic carbocycles. The second kappa shape index (κ2) is 8.79. The van der Waals surface area contributed by atoms with Gasteiger partial charge in [0, 0.05) is 17.4 Å². The average Bonchev–Trinajstić information content (AvgIpc) is 3.48. The molecule has 5 heterocycles. The first-order valence-electron chi connectivity index (χ1n) is 10.3. The zero-order valence-corrected chi connectivity index (χ0v) is 19.0. The van der Waals surface area contributed by atoms with E-state index < -0.39 is 29.2 Å². The number of aliphatic carboxylic acids is 1. The van der Waals surface area contributed by atoms with Crippen LogP contribution >= 0.6 is 11.8 Å². The zero-order valence-electron chi connectivity index (χ0n) is 18.2. The van der Waals surface area contributed by atoms with Gasteiger partial charge in [0.05, 0.1) is 11.6 Å². The van der Waals surface area contributed by atoms with Crippen LogP contribution in [-0.4, -0.2) is 62.8 Å². The molecule has 2 aliphatic heterocycles. The number of oxime groups is 1. The van der Waals surface area contributed by atoms with Gasteiger partial charge in [0.25, 0.3) is 17.8 Å². The molecular weight excluding hydrogens is 480 g/mol. The summed E-state index contributed by atoms with van der Waals surface area (Å²) in [6, 6.07) is 2.48. The summed E-state index contributed by atoms with van der Waals surface area (Å²) in [4.78, 5) is 47.7. The summed E-state index contributed by atoms with van der Waals surface area (Å²) < 4.78 is 12.1. The van der Waals surface area contributed by atoms with E-state index in [2.05, 4.69) is 15.5 Å². The number of rotatable bonds is 7. The van der Waals surface area contributed by atoms with Gasteiger partial charge in [-0.05, 0) is 6.07 Å². The number of hydrogen-bond donors (Lipinski definition) is 3. The maximum absolute atomic E-state index is 13.0. The van der Waals surface area contributed by atoms with E-state index in [4.69, 9.17) is 19.4 Å². The van der Waals surface area contributed by atoms with Crippen molar-refractivity contribution in [3.63, 3.8) is 0 Å². The Morgan fingerprint density at radius 3 is 2.97 bits per heavy atom. The molecule has 3 aromatic heterocycles. The molecule has 5 rings (SSSR count). The molecule has 2 amide bonds. The van der Waals surface area contributed by atoms with Crippen LogP contribution in [0.2, 0.25) is 0 Å². The third-order valence-corrected chi connectivity index (χ3v) is 6.86. The van der Waals surface area contributed by atoms with Crippen molar-refractivity contribution in [1.82, 2.24) is 15.2 Å². The van der Waals surface area contributed by atoms with Crippen molar-refractivity contribution in [1.29, 1.82) is 0 Å². The molecule has 1 unspecified atom stereocenters. The maximum Gasteiger partial charge on any atom is 0.352 e. The largest absolute Gasteiger partial charge is 0.477 e. The topological polar surface area (TPSA) is 177 Å². The lowest BCUT2D eigenvalue weighted by Crippen LogP contribution is -2.71. The molecule has 1 fully saturated rings. The molecule has 2 atom stereocenters. The number of thioether (sulfide) groups is 1. The van der Waals surface area contributed by atoms with E-state index in [0.29, 0.717) is 16.9 Å². The monoisotopic (exact) mass is 499 g/mol. The number of carboxylic acids is 1. The van der Waals surface area contributed by atoms with E-state index in [0.717, 1.165) is 11.6 Å². The molecule has 2 aliphatic rings. The lowest BCUT2D eigenvalue weighted by Gasteiger charge is -2.49. The van der Waals surface area contributed by atoms with Crippen LogP contribution in [0.4, 0.5) is 6.01 Å². The fourth-order valence-corrected chi connectivity index (χ4v) is 5.32. The predicted molar refractivity (Wildman–Crippen MR) is 121 cm³/mol. The molecule has 0 aromatic carbocycles. The standard InChI is InChI=1S/C21H18N6O7S/c1-32-25-14(12-8-34-21(22)23-12)17(28)24-15-18(29)27-16(20(30)31)11(9-35-19(15)27)7-26-4-2-13-10(6-26)3-5-33-13/h2-6,8,15,19H,7,9H2,1H3,(H3-,22,23,24,28,30,31)/p+1/t15?,19-/m1/s1. The number of carbonyl (C=O) groups excluding carboxylic acids is 2. The SMILES string of the molecule is CON=C(C(=O)NC1C(=O)N2C(C(=O)O)=C(C[n+]3ccc4occc4c3)CS[C@H]12)c1coc(N)n1. The Balaban J connectivity index is 1.36.